The number of nitrogens with one attached hydrogen (secondary N) is 3. The molecule has 2 amide bonds. The first-order valence-corrected chi connectivity index (χ1v) is 8.86. The second-order valence-electron chi connectivity index (χ2n) is 7.61. The summed E-state index contributed by atoms with van der Waals surface area (Å²) in [7, 11) is 0. The number of nitrogens with zero attached hydrogens (tertiary/aromatic N) is 2. The van der Waals surface area contributed by atoms with E-state index >= 15 is 0 Å². The van der Waals surface area contributed by atoms with E-state index in [0.717, 1.165) is 17.0 Å². The Bertz CT molecular complexity index is 805. The minimum Gasteiger partial charge on any atom is -0.340 e. The number of anilines is 1. The van der Waals surface area contributed by atoms with Gasteiger partial charge in [-0.1, -0.05) is 32.9 Å². The summed E-state index contributed by atoms with van der Waals surface area (Å²) in [6, 6.07) is 8.50. The zero-order chi connectivity index (χ0) is 20.2. The van der Waals surface area contributed by atoms with Crippen LogP contribution in [-0.2, 0) is 10.2 Å². The van der Waals surface area contributed by atoms with Crippen molar-refractivity contribution in [2.75, 3.05) is 5.43 Å². The molecule has 2 rings (SSSR count). The normalized spacial score (nSPS) is 12.2. The van der Waals surface area contributed by atoms with Crippen LogP contribution in [0.25, 0.3) is 0 Å². The molecule has 0 aliphatic rings. The largest absolute Gasteiger partial charge is 0.340 e. The third-order valence-corrected chi connectivity index (χ3v) is 4.03. The number of rotatable bonds is 5. The van der Waals surface area contributed by atoms with Gasteiger partial charge >= 0.3 is 0 Å². The predicted molar refractivity (Wildman–Crippen MR) is 105 cm³/mol. The van der Waals surface area contributed by atoms with E-state index in [1.807, 2.05) is 32.0 Å². The van der Waals surface area contributed by atoms with Crippen LogP contribution < -0.4 is 16.2 Å². The monoisotopic (exact) mass is 369 g/mol. The van der Waals surface area contributed by atoms with Gasteiger partial charge in [0.25, 0.3) is 11.8 Å². The number of carbonyl (C=O) groups excluding carboxylic acids is 2. The summed E-state index contributed by atoms with van der Waals surface area (Å²) in [6.07, 6.45) is 0. The van der Waals surface area contributed by atoms with E-state index in [4.69, 9.17) is 0 Å². The van der Waals surface area contributed by atoms with Crippen LogP contribution >= 0.6 is 0 Å². The lowest BCUT2D eigenvalue weighted by Gasteiger charge is -2.19. The lowest BCUT2D eigenvalue weighted by atomic mass is 9.86. The molecule has 144 valence electrons. The highest BCUT2D eigenvalue weighted by Crippen LogP contribution is 2.22. The van der Waals surface area contributed by atoms with Crippen LogP contribution in [0, 0.1) is 13.8 Å². The SMILES string of the molecule is Cc1cc(C)nc(NNC(=O)C(C)NC(=O)c2ccc(C(C)(C)C)cc2)n1. The Morgan fingerprint density at radius 1 is 1.00 bits per heavy atom. The maximum Gasteiger partial charge on any atom is 0.260 e. The average molecular weight is 369 g/mol. The summed E-state index contributed by atoms with van der Waals surface area (Å²) < 4.78 is 0. The number of hydrogen-bond acceptors (Lipinski definition) is 5. The zero-order valence-corrected chi connectivity index (χ0v) is 16.7. The van der Waals surface area contributed by atoms with E-state index < -0.39 is 11.9 Å². The van der Waals surface area contributed by atoms with Crippen molar-refractivity contribution >= 4 is 17.8 Å². The number of carbonyl (C=O) groups is 2. The summed E-state index contributed by atoms with van der Waals surface area (Å²) >= 11 is 0. The van der Waals surface area contributed by atoms with Crippen molar-refractivity contribution in [2.45, 2.75) is 53.0 Å². The molecule has 0 saturated heterocycles. The van der Waals surface area contributed by atoms with E-state index in [2.05, 4.69) is 46.9 Å². The molecule has 3 N–H and O–H groups in total. The van der Waals surface area contributed by atoms with Crippen LogP contribution in [0.5, 0.6) is 0 Å². The van der Waals surface area contributed by atoms with Gasteiger partial charge in [-0.3, -0.25) is 20.4 Å². The smallest absolute Gasteiger partial charge is 0.260 e. The number of aryl methyl sites for hydroxylation is 2. The van der Waals surface area contributed by atoms with Gasteiger partial charge in [0, 0.05) is 17.0 Å². The third-order valence-electron chi connectivity index (χ3n) is 4.03. The van der Waals surface area contributed by atoms with Crippen LogP contribution in [0.3, 0.4) is 0 Å². The van der Waals surface area contributed by atoms with Crippen LogP contribution in [-0.4, -0.2) is 27.8 Å². The molecule has 1 unspecified atom stereocenters. The average Bonchev–Trinajstić information content (AvgIpc) is 2.58. The molecule has 0 radical (unpaired) electrons. The van der Waals surface area contributed by atoms with Gasteiger partial charge in [0.2, 0.25) is 5.95 Å². The van der Waals surface area contributed by atoms with Crippen molar-refractivity contribution in [1.29, 1.82) is 0 Å². The highest BCUT2D eigenvalue weighted by Gasteiger charge is 2.18. The molecule has 2 aromatic rings. The number of amides is 2. The summed E-state index contributed by atoms with van der Waals surface area (Å²) in [5.74, 6) is -0.393. The van der Waals surface area contributed by atoms with Crippen molar-refractivity contribution in [3.05, 3.63) is 52.8 Å². The highest BCUT2D eigenvalue weighted by molar-refractivity contribution is 5.97. The molecule has 0 aliphatic heterocycles. The molecule has 1 heterocycles. The lowest BCUT2D eigenvalue weighted by Crippen LogP contribution is -2.46. The predicted octanol–water partition coefficient (Wildman–Crippen LogP) is 2.65. The van der Waals surface area contributed by atoms with E-state index in [1.165, 1.54) is 0 Å². The molecule has 0 saturated carbocycles. The standard InChI is InChI=1S/C20H27N5O2/c1-12-11-13(2)22-19(21-12)25-24-17(26)14(3)23-18(27)15-7-9-16(10-8-15)20(4,5)6/h7-11,14H,1-6H3,(H,23,27)(H,24,26)(H,21,22,25). The molecular formula is C20H27N5O2. The third kappa shape index (κ3) is 5.77. The molecular weight excluding hydrogens is 342 g/mol. The van der Waals surface area contributed by atoms with E-state index in [0.29, 0.717) is 11.5 Å². The Hall–Kier alpha value is -2.96. The van der Waals surface area contributed by atoms with Gasteiger partial charge in [0.15, 0.2) is 0 Å². The van der Waals surface area contributed by atoms with E-state index in [1.54, 1.807) is 19.1 Å². The molecule has 7 nitrogen and oxygen atoms in total. The number of hydrazine groups is 1. The summed E-state index contributed by atoms with van der Waals surface area (Å²) in [5, 5.41) is 2.68. The fourth-order valence-electron chi connectivity index (χ4n) is 2.47. The Balaban J connectivity index is 1.92. The minimum absolute atomic E-state index is 0.0179. The van der Waals surface area contributed by atoms with Crippen LogP contribution in [0.15, 0.2) is 30.3 Å². The first kappa shape index (κ1) is 20.4. The maximum absolute atomic E-state index is 12.3. The first-order valence-electron chi connectivity index (χ1n) is 8.86. The molecule has 0 aliphatic carbocycles. The fourth-order valence-corrected chi connectivity index (χ4v) is 2.47. The Morgan fingerprint density at radius 2 is 1.56 bits per heavy atom. The fraction of sp³-hybridized carbons (Fsp3) is 0.400. The van der Waals surface area contributed by atoms with Gasteiger partial charge < -0.3 is 5.32 Å². The molecule has 1 atom stereocenters. The van der Waals surface area contributed by atoms with Gasteiger partial charge in [-0.15, -0.1) is 0 Å². The van der Waals surface area contributed by atoms with Crippen LogP contribution in [0.4, 0.5) is 5.95 Å². The van der Waals surface area contributed by atoms with Crippen molar-refractivity contribution in [1.82, 2.24) is 20.7 Å². The molecule has 1 aromatic heterocycles. The van der Waals surface area contributed by atoms with Crippen LogP contribution in [0.2, 0.25) is 0 Å². The molecule has 7 heteroatoms. The van der Waals surface area contributed by atoms with Crippen LogP contribution in [0.1, 0.15) is 55.0 Å². The summed E-state index contributed by atoms with van der Waals surface area (Å²) in [5.41, 5.74) is 8.43. The maximum atomic E-state index is 12.3. The van der Waals surface area contributed by atoms with Gasteiger partial charge in [-0.05, 0) is 49.9 Å². The van der Waals surface area contributed by atoms with E-state index in [9.17, 15) is 9.59 Å². The van der Waals surface area contributed by atoms with Crippen molar-refractivity contribution in [2.24, 2.45) is 0 Å². The number of aromatic nitrogens is 2. The second kappa shape index (κ2) is 8.16. The molecule has 0 bridgehead atoms. The van der Waals surface area contributed by atoms with Gasteiger partial charge in [-0.2, -0.15) is 0 Å². The van der Waals surface area contributed by atoms with Crippen molar-refractivity contribution < 1.29 is 9.59 Å². The van der Waals surface area contributed by atoms with Gasteiger partial charge in [0.05, 0.1) is 0 Å². The summed E-state index contributed by atoms with van der Waals surface area (Å²) in [6.45, 7) is 11.6. The Labute approximate surface area is 160 Å². The van der Waals surface area contributed by atoms with E-state index in [-0.39, 0.29) is 11.3 Å². The lowest BCUT2D eigenvalue weighted by molar-refractivity contribution is -0.122. The van der Waals surface area contributed by atoms with Crippen molar-refractivity contribution in [3.8, 4) is 0 Å². The Morgan fingerprint density at radius 3 is 2.07 bits per heavy atom. The Kier molecular flexibility index (Phi) is 6.15. The molecule has 1 aromatic carbocycles. The number of benzene rings is 1. The number of hydrogen-bond donors (Lipinski definition) is 3. The zero-order valence-electron chi connectivity index (χ0n) is 16.7. The second-order valence-corrected chi connectivity index (χ2v) is 7.61. The first-order chi connectivity index (χ1) is 12.6. The highest BCUT2D eigenvalue weighted by atomic mass is 16.2. The van der Waals surface area contributed by atoms with Gasteiger partial charge in [0.1, 0.15) is 6.04 Å². The molecule has 27 heavy (non-hydrogen) atoms. The molecule has 0 spiro atoms. The quantitative estimate of drug-likeness (QED) is 0.704. The minimum atomic E-state index is -0.724. The summed E-state index contributed by atoms with van der Waals surface area (Å²) in [4.78, 5) is 32.9. The topological polar surface area (TPSA) is 96.0 Å². The van der Waals surface area contributed by atoms with Gasteiger partial charge in [-0.25, -0.2) is 9.97 Å². The van der Waals surface area contributed by atoms with Crippen molar-refractivity contribution in [3.63, 3.8) is 0 Å². The molecule has 0 fully saturated rings.